The highest BCUT2D eigenvalue weighted by molar-refractivity contribution is 7.98. The molecule has 0 aromatic carbocycles. The van der Waals surface area contributed by atoms with E-state index in [1.54, 1.807) is 11.8 Å². The lowest BCUT2D eigenvalue weighted by molar-refractivity contribution is 0.176. The van der Waals surface area contributed by atoms with Crippen molar-refractivity contribution in [2.24, 2.45) is 5.41 Å². The van der Waals surface area contributed by atoms with E-state index in [1.165, 1.54) is 19.3 Å². The van der Waals surface area contributed by atoms with Crippen molar-refractivity contribution in [2.75, 3.05) is 18.6 Å². The second-order valence-electron chi connectivity index (χ2n) is 4.95. The zero-order valence-electron chi connectivity index (χ0n) is 9.55. The van der Waals surface area contributed by atoms with Crippen LogP contribution in [-0.2, 0) is 0 Å². The highest BCUT2D eigenvalue weighted by atomic mass is 32.2. The van der Waals surface area contributed by atoms with E-state index in [4.69, 9.17) is 0 Å². The molecular weight excluding hydrogens is 194 g/mol. The van der Waals surface area contributed by atoms with Crippen LogP contribution in [0.5, 0.6) is 0 Å². The number of thioether (sulfide) groups is 1. The third-order valence-electron chi connectivity index (χ3n) is 3.22. The van der Waals surface area contributed by atoms with E-state index in [1.807, 2.05) is 6.26 Å². The molecule has 3 heteroatoms. The summed E-state index contributed by atoms with van der Waals surface area (Å²) < 4.78 is 0. The third-order valence-corrected chi connectivity index (χ3v) is 3.93. The zero-order valence-corrected chi connectivity index (χ0v) is 10.4. The molecule has 1 rings (SSSR count). The molecule has 2 nitrogen and oxygen atoms in total. The fourth-order valence-electron chi connectivity index (χ4n) is 2.23. The van der Waals surface area contributed by atoms with Gasteiger partial charge in [-0.05, 0) is 24.5 Å². The van der Waals surface area contributed by atoms with Gasteiger partial charge >= 0.3 is 0 Å². The van der Waals surface area contributed by atoms with Crippen molar-refractivity contribution < 1.29 is 5.11 Å². The molecule has 1 fully saturated rings. The second-order valence-corrected chi connectivity index (χ2v) is 5.86. The Morgan fingerprint density at radius 1 is 1.57 bits per heavy atom. The Hall–Kier alpha value is 0.270. The minimum Gasteiger partial charge on any atom is -0.391 e. The molecule has 1 aliphatic carbocycles. The Bertz CT molecular complexity index is 173. The van der Waals surface area contributed by atoms with Crippen LogP contribution >= 0.6 is 11.8 Å². The number of nitrogens with one attached hydrogen (secondary N) is 1. The van der Waals surface area contributed by atoms with Gasteiger partial charge in [-0.15, -0.1) is 0 Å². The third kappa shape index (κ3) is 3.44. The monoisotopic (exact) mass is 217 g/mol. The molecule has 2 N–H and O–H groups in total. The van der Waals surface area contributed by atoms with Gasteiger partial charge in [0.05, 0.1) is 6.10 Å². The maximum absolute atomic E-state index is 9.60. The molecule has 0 radical (unpaired) electrons. The van der Waals surface area contributed by atoms with Gasteiger partial charge in [-0.2, -0.15) is 11.8 Å². The van der Waals surface area contributed by atoms with Gasteiger partial charge in [0.25, 0.3) is 0 Å². The van der Waals surface area contributed by atoms with E-state index in [9.17, 15) is 5.11 Å². The van der Waals surface area contributed by atoms with Gasteiger partial charge in [0.15, 0.2) is 0 Å². The fraction of sp³-hybridized carbons (Fsp3) is 1.00. The highest BCUT2D eigenvalue weighted by Gasteiger charge is 2.33. The lowest BCUT2D eigenvalue weighted by Crippen LogP contribution is -2.42. The Balaban J connectivity index is 2.24. The van der Waals surface area contributed by atoms with Crippen LogP contribution in [0, 0.1) is 5.41 Å². The minimum absolute atomic E-state index is 0.193. The molecule has 0 bridgehead atoms. The first-order chi connectivity index (χ1) is 6.56. The van der Waals surface area contributed by atoms with Crippen LogP contribution in [0.1, 0.15) is 33.1 Å². The van der Waals surface area contributed by atoms with Crippen LogP contribution in [0.25, 0.3) is 0 Å². The van der Waals surface area contributed by atoms with Gasteiger partial charge in [0.2, 0.25) is 0 Å². The van der Waals surface area contributed by atoms with Gasteiger partial charge in [-0.3, -0.25) is 0 Å². The number of aliphatic hydroxyl groups excluding tert-OH is 1. The summed E-state index contributed by atoms with van der Waals surface area (Å²) in [6, 6.07) is 0.596. The van der Waals surface area contributed by atoms with Crippen molar-refractivity contribution in [3.8, 4) is 0 Å². The van der Waals surface area contributed by atoms with Gasteiger partial charge < -0.3 is 10.4 Å². The predicted molar refractivity (Wildman–Crippen MR) is 63.8 cm³/mol. The lowest BCUT2D eigenvalue weighted by Gasteiger charge is -2.28. The Morgan fingerprint density at radius 3 is 2.79 bits per heavy atom. The molecule has 0 aromatic heterocycles. The van der Waals surface area contributed by atoms with Crippen LogP contribution in [-0.4, -0.2) is 35.8 Å². The minimum atomic E-state index is -0.193. The molecule has 0 heterocycles. The molecule has 0 aromatic rings. The van der Waals surface area contributed by atoms with E-state index >= 15 is 0 Å². The summed E-state index contributed by atoms with van der Waals surface area (Å²) in [5, 5.41) is 13.1. The molecule has 0 spiro atoms. The second kappa shape index (κ2) is 5.38. The van der Waals surface area contributed by atoms with E-state index in [0.717, 1.165) is 12.3 Å². The van der Waals surface area contributed by atoms with Gasteiger partial charge in [0.1, 0.15) is 0 Å². The molecule has 84 valence electrons. The van der Waals surface area contributed by atoms with Crippen LogP contribution in [0.3, 0.4) is 0 Å². The summed E-state index contributed by atoms with van der Waals surface area (Å²) in [5.74, 6) is 0.833. The normalized spacial score (nSPS) is 27.9. The molecular formula is C11H23NOS. The highest BCUT2D eigenvalue weighted by Crippen LogP contribution is 2.36. The summed E-state index contributed by atoms with van der Waals surface area (Å²) in [6.07, 6.45) is 5.73. The zero-order chi connectivity index (χ0) is 10.6. The topological polar surface area (TPSA) is 32.3 Å². The average molecular weight is 217 g/mol. The summed E-state index contributed by atoms with van der Waals surface area (Å²) >= 11 is 1.70. The van der Waals surface area contributed by atoms with Crippen molar-refractivity contribution in [3.05, 3.63) is 0 Å². The van der Waals surface area contributed by atoms with Crippen LogP contribution in [0.2, 0.25) is 0 Å². The van der Waals surface area contributed by atoms with Crippen LogP contribution in [0.15, 0.2) is 0 Å². The summed E-state index contributed by atoms with van der Waals surface area (Å²) in [6.45, 7) is 5.38. The Kier molecular flexibility index (Phi) is 4.74. The van der Waals surface area contributed by atoms with Crippen molar-refractivity contribution in [3.63, 3.8) is 0 Å². The summed E-state index contributed by atoms with van der Waals surface area (Å²) in [4.78, 5) is 0. The SMILES string of the molecule is CSC[C@@H](O)CN[C@@H]1CCCC1(C)C. The molecule has 2 atom stereocenters. The van der Waals surface area contributed by atoms with Crippen molar-refractivity contribution in [1.29, 1.82) is 0 Å². The Morgan fingerprint density at radius 2 is 2.29 bits per heavy atom. The first kappa shape index (κ1) is 12.3. The van der Waals surface area contributed by atoms with Crippen molar-refractivity contribution in [1.82, 2.24) is 5.32 Å². The Labute approximate surface area is 91.9 Å². The van der Waals surface area contributed by atoms with Gasteiger partial charge in [0, 0.05) is 18.3 Å². The van der Waals surface area contributed by atoms with Gasteiger partial charge in [-0.25, -0.2) is 0 Å². The largest absolute Gasteiger partial charge is 0.391 e. The van der Waals surface area contributed by atoms with Crippen molar-refractivity contribution in [2.45, 2.75) is 45.3 Å². The van der Waals surface area contributed by atoms with E-state index in [-0.39, 0.29) is 6.10 Å². The van der Waals surface area contributed by atoms with Crippen molar-refractivity contribution >= 4 is 11.8 Å². The molecule has 0 aliphatic heterocycles. The molecule has 0 saturated heterocycles. The molecule has 14 heavy (non-hydrogen) atoms. The lowest BCUT2D eigenvalue weighted by atomic mass is 9.87. The average Bonchev–Trinajstić information content (AvgIpc) is 2.42. The molecule has 0 amide bonds. The van der Waals surface area contributed by atoms with E-state index in [2.05, 4.69) is 19.2 Å². The first-order valence-corrected chi connectivity index (χ1v) is 6.86. The predicted octanol–water partition coefficient (Wildman–Crippen LogP) is 1.88. The molecule has 1 aliphatic rings. The fourth-order valence-corrected chi connectivity index (χ4v) is 2.74. The van der Waals surface area contributed by atoms with Crippen LogP contribution < -0.4 is 5.32 Å². The number of hydrogen-bond donors (Lipinski definition) is 2. The number of hydrogen-bond acceptors (Lipinski definition) is 3. The van der Waals surface area contributed by atoms with Gasteiger partial charge in [-0.1, -0.05) is 20.3 Å². The maximum atomic E-state index is 9.60. The maximum Gasteiger partial charge on any atom is 0.0754 e. The smallest absolute Gasteiger partial charge is 0.0754 e. The van der Waals surface area contributed by atoms with Crippen LogP contribution in [0.4, 0.5) is 0 Å². The quantitative estimate of drug-likeness (QED) is 0.737. The number of aliphatic hydroxyl groups is 1. The molecule has 1 saturated carbocycles. The number of rotatable bonds is 5. The first-order valence-electron chi connectivity index (χ1n) is 5.46. The summed E-state index contributed by atoms with van der Waals surface area (Å²) in [5.41, 5.74) is 0.416. The van der Waals surface area contributed by atoms with E-state index in [0.29, 0.717) is 11.5 Å². The standard InChI is InChI=1S/C11H23NOS/c1-11(2)6-4-5-10(11)12-7-9(13)8-14-3/h9-10,12-13H,4-8H2,1-3H3/t9-,10+/m0/s1. The molecule has 0 unspecified atom stereocenters. The summed E-state index contributed by atoms with van der Waals surface area (Å²) in [7, 11) is 0. The van der Waals surface area contributed by atoms with E-state index < -0.39 is 0 Å².